The molecule has 2 aromatic carbocycles. The first kappa shape index (κ1) is 23.3. The number of carbonyl (C=O) groups is 2. The molecule has 32 heavy (non-hydrogen) atoms. The van der Waals surface area contributed by atoms with Gasteiger partial charge >= 0.3 is 6.09 Å². The van der Waals surface area contributed by atoms with E-state index in [-0.39, 0.29) is 16.9 Å². The first-order valence-corrected chi connectivity index (χ1v) is 10.8. The summed E-state index contributed by atoms with van der Waals surface area (Å²) in [5.41, 5.74) is 5.03. The van der Waals surface area contributed by atoms with Crippen molar-refractivity contribution < 1.29 is 36.3 Å². The molecule has 2 amide bonds. The van der Waals surface area contributed by atoms with Crippen LogP contribution in [0.25, 0.3) is 0 Å². The average Bonchev–Trinajstić information content (AvgIpc) is 3.11. The molecule has 0 aliphatic heterocycles. The van der Waals surface area contributed by atoms with Gasteiger partial charge in [0, 0.05) is 35.5 Å². The Morgan fingerprint density at radius 3 is 2.28 bits per heavy atom. The lowest BCUT2D eigenvalue weighted by atomic mass is 10.2. The van der Waals surface area contributed by atoms with E-state index in [1.54, 1.807) is 0 Å². The SMILES string of the molecule is Nc1ccc(C(=O)Nc2cc(F)c(F)c(F)c2)cc1S(=O)(=O)N[C@H]1CCC[C@H]1NC(=O)O. The maximum absolute atomic E-state index is 13.4. The van der Waals surface area contributed by atoms with E-state index in [9.17, 15) is 31.2 Å². The second-order valence-electron chi connectivity index (χ2n) is 7.18. The van der Waals surface area contributed by atoms with Crippen LogP contribution in [0, 0.1) is 17.5 Å². The summed E-state index contributed by atoms with van der Waals surface area (Å²) >= 11 is 0. The number of carbonyl (C=O) groups excluding carboxylic acids is 1. The van der Waals surface area contributed by atoms with Crippen LogP contribution in [-0.4, -0.2) is 37.6 Å². The zero-order valence-corrected chi connectivity index (χ0v) is 17.2. The van der Waals surface area contributed by atoms with Crippen LogP contribution in [0.2, 0.25) is 0 Å². The lowest BCUT2D eigenvalue weighted by Crippen LogP contribution is -2.48. The summed E-state index contributed by atoms with van der Waals surface area (Å²) in [6.07, 6.45) is 0.155. The molecule has 1 saturated carbocycles. The Labute approximate surface area is 180 Å². The molecule has 6 N–H and O–H groups in total. The van der Waals surface area contributed by atoms with Crippen LogP contribution in [0.3, 0.4) is 0 Å². The minimum Gasteiger partial charge on any atom is -0.465 e. The van der Waals surface area contributed by atoms with E-state index >= 15 is 0 Å². The van der Waals surface area contributed by atoms with Gasteiger partial charge in [0.1, 0.15) is 4.90 Å². The number of halogens is 3. The largest absolute Gasteiger partial charge is 0.465 e. The van der Waals surface area contributed by atoms with E-state index in [4.69, 9.17) is 10.8 Å². The molecule has 0 unspecified atom stereocenters. The van der Waals surface area contributed by atoms with Crippen molar-refractivity contribution >= 4 is 33.4 Å². The summed E-state index contributed by atoms with van der Waals surface area (Å²) in [6.45, 7) is 0. The van der Waals surface area contributed by atoms with Crippen molar-refractivity contribution in [3.8, 4) is 0 Å². The van der Waals surface area contributed by atoms with Crippen LogP contribution in [0.4, 0.5) is 29.3 Å². The Bertz CT molecular complexity index is 1150. The first-order valence-electron chi connectivity index (χ1n) is 9.35. The van der Waals surface area contributed by atoms with E-state index in [2.05, 4.69) is 15.4 Å². The number of sulfonamides is 1. The highest BCUT2D eigenvalue weighted by Crippen LogP contribution is 2.25. The molecule has 172 valence electrons. The Balaban J connectivity index is 1.83. The minimum atomic E-state index is -4.25. The third kappa shape index (κ3) is 5.11. The predicted molar refractivity (Wildman–Crippen MR) is 108 cm³/mol. The highest BCUT2D eigenvalue weighted by atomic mass is 32.2. The number of hydrogen-bond acceptors (Lipinski definition) is 5. The average molecular weight is 472 g/mol. The van der Waals surface area contributed by atoms with E-state index < -0.39 is 56.5 Å². The Kier molecular flexibility index (Phi) is 6.60. The lowest BCUT2D eigenvalue weighted by Gasteiger charge is -2.21. The van der Waals surface area contributed by atoms with Gasteiger partial charge in [0.25, 0.3) is 5.91 Å². The van der Waals surface area contributed by atoms with Crippen LogP contribution < -0.4 is 21.1 Å². The normalized spacial score (nSPS) is 18.3. The number of benzene rings is 2. The molecule has 1 aliphatic carbocycles. The fraction of sp³-hybridized carbons (Fsp3) is 0.263. The number of nitrogens with two attached hydrogens (primary N) is 1. The van der Waals surface area contributed by atoms with E-state index in [0.717, 1.165) is 12.1 Å². The number of carboxylic acid groups (broad SMARTS) is 1. The molecular weight excluding hydrogens is 453 g/mol. The predicted octanol–water partition coefficient (Wildman–Crippen LogP) is 2.41. The monoisotopic (exact) mass is 472 g/mol. The topological polar surface area (TPSA) is 151 Å². The number of amides is 2. The molecule has 2 atom stereocenters. The summed E-state index contributed by atoms with van der Waals surface area (Å²) in [5, 5.41) is 13.3. The molecule has 13 heteroatoms. The van der Waals surface area contributed by atoms with Gasteiger partial charge in [-0.1, -0.05) is 0 Å². The van der Waals surface area contributed by atoms with Gasteiger partial charge in [-0.05, 0) is 37.5 Å². The minimum absolute atomic E-state index is 0.173. The molecule has 0 aromatic heterocycles. The summed E-state index contributed by atoms with van der Waals surface area (Å²) in [7, 11) is -4.25. The lowest BCUT2D eigenvalue weighted by molar-refractivity contribution is 0.102. The zero-order valence-electron chi connectivity index (χ0n) is 16.4. The number of rotatable bonds is 6. The van der Waals surface area contributed by atoms with E-state index in [1.807, 2.05) is 0 Å². The molecule has 9 nitrogen and oxygen atoms in total. The molecule has 0 spiro atoms. The fourth-order valence-corrected chi connectivity index (χ4v) is 4.90. The maximum atomic E-state index is 13.4. The molecule has 3 rings (SSSR count). The second kappa shape index (κ2) is 9.04. The standard InChI is InChI=1S/C19H19F3N4O5S/c20-11-7-10(8-12(21)17(11)22)24-18(27)9-4-5-13(23)16(6-9)32(30,31)26-15-3-1-2-14(15)25-19(28)29/h4-8,14-15,25-26H,1-3,23H2,(H,24,27)(H,28,29)/t14-,15+/m1/s1. The Morgan fingerprint density at radius 1 is 1.03 bits per heavy atom. The number of nitrogens with one attached hydrogen (secondary N) is 3. The van der Waals surface area contributed by atoms with Crippen LogP contribution >= 0.6 is 0 Å². The fourth-order valence-electron chi connectivity index (χ4n) is 3.43. The summed E-state index contributed by atoms with van der Waals surface area (Å²) in [5.74, 6) is -5.63. The van der Waals surface area contributed by atoms with Crippen molar-refractivity contribution in [3.05, 3.63) is 53.3 Å². The van der Waals surface area contributed by atoms with Crippen LogP contribution in [0.15, 0.2) is 35.2 Å². The van der Waals surface area contributed by atoms with Gasteiger partial charge in [-0.3, -0.25) is 4.79 Å². The molecule has 0 bridgehead atoms. The van der Waals surface area contributed by atoms with Gasteiger partial charge in [-0.25, -0.2) is 31.1 Å². The molecule has 0 heterocycles. The quantitative estimate of drug-likeness (QED) is 0.322. The van der Waals surface area contributed by atoms with E-state index in [0.29, 0.717) is 31.4 Å². The highest BCUT2D eigenvalue weighted by Gasteiger charge is 2.33. The van der Waals surface area contributed by atoms with Crippen LogP contribution in [0.5, 0.6) is 0 Å². The molecule has 2 aromatic rings. The van der Waals surface area contributed by atoms with Gasteiger partial charge in [-0.2, -0.15) is 0 Å². The van der Waals surface area contributed by atoms with Gasteiger partial charge < -0.3 is 21.5 Å². The van der Waals surface area contributed by atoms with Gasteiger partial charge in [0.15, 0.2) is 17.5 Å². The van der Waals surface area contributed by atoms with Gasteiger partial charge in [-0.15, -0.1) is 0 Å². The van der Waals surface area contributed by atoms with E-state index in [1.165, 1.54) is 6.07 Å². The summed E-state index contributed by atoms with van der Waals surface area (Å²) in [6, 6.07) is 3.14. The first-order chi connectivity index (χ1) is 15.0. The third-order valence-electron chi connectivity index (χ3n) is 4.94. The van der Waals surface area contributed by atoms with Crippen molar-refractivity contribution in [2.75, 3.05) is 11.1 Å². The number of anilines is 2. The number of hydrogen-bond donors (Lipinski definition) is 5. The highest BCUT2D eigenvalue weighted by molar-refractivity contribution is 7.89. The zero-order chi connectivity index (χ0) is 23.6. The van der Waals surface area contributed by atoms with Crippen molar-refractivity contribution in [1.29, 1.82) is 0 Å². The van der Waals surface area contributed by atoms with Crippen molar-refractivity contribution in [3.63, 3.8) is 0 Å². The van der Waals surface area contributed by atoms with Crippen molar-refractivity contribution in [1.82, 2.24) is 10.0 Å². The summed E-state index contributed by atoms with van der Waals surface area (Å²) < 4.78 is 67.9. The van der Waals surface area contributed by atoms with Crippen molar-refractivity contribution in [2.45, 2.75) is 36.2 Å². The third-order valence-corrected chi connectivity index (χ3v) is 6.48. The molecule has 0 radical (unpaired) electrons. The maximum Gasteiger partial charge on any atom is 0.404 e. The summed E-state index contributed by atoms with van der Waals surface area (Å²) in [4.78, 5) is 22.9. The number of nitrogen functional groups attached to an aromatic ring is 1. The Morgan fingerprint density at radius 2 is 1.66 bits per heavy atom. The van der Waals surface area contributed by atoms with Crippen LogP contribution in [-0.2, 0) is 10.0 Å². The Hall–Kier alpha value is -3.32. The van der Waals surface area contributed by atoms with Crippen LogP contribution in [0.1, 0.15) is 29.6 Å². The van der Waals surface area contributed by atoms with Gasteiger partial charge in [0.2, 0.25) is 10.0 Å². The second-order valence-corrected chi connectivity index (χ2v) is 8.86. The molecule has 0 saturated heterocycles. The molecule has 1 aliphatic rings. The molecule has 1 fully saturated rings. The smallest absolute Gasteiger partial charge is 0.404 e. The van der Waals surface area contributed by atoms with Crippen molar-refractivity contribution in [2.24, 2.45) is 0 Å². The van der Waals surface area contributed by atoms with Gasteiger partial charge in [0.05, 0.1) is 5.69 Å². The molecular formula is C19H19F3N4O5S.